The lowest BCUT2D eigenvalue weighted by Gasteiger charge is -2.23. The van der Waals surface area contributed by atoms with Crippen LogP contribution in [0.15, 0.2) is 52.7 Å². The highest BCUT2D eigenvalue weighted by molar-refractivity contribution is 6.33. The predicted octanol–water partition coefficient (Wildman–Crippen LogP) is 4.91. The molecule has 0 bridgehead atoms. The molecule has 0 spiro atoms. The van der Waals surface area contributed by atoms with Gasteiger partial charge in [-0.05, 0) is 37.3 Å². The molecular weight excluding hydrogens is 384 g/mol. The lowest BCUT2D eigenvalue weighted by molar-refractivity contribution is -0.384. The Hall–Kier alpha value is -2.55. The molecule has 28 heavy (non-hydrogen) atoms. The fourth-order valence-electron chi connectivity index (χ4n) is 2.56. The molecule has 2 aromatic rings. The molecule has 1 aliphatic heterocycles. The van der Waals surface area contributed by atoms with E-state index in [4.69, 9.17) is 21.1 Å². The van der Waals surface area contributed by atoms with Crippen molar-refractivity contribution < 1.29 is 14.4 Å². The van der Waals surface area contributed by atoms with E-state index < -0.39 is 4.92 Å². The highest BCUT2D eigenvalue weighted by atomic mass is 35.5. The molecule has 0 aliphatic carbocycles. The van der Waals surface area contributed by atoms with Crippen molar-refractivity contribution >= 4 is 34.4 Å². The van der Waals surface area contributed by atoms with E-state index in [2.05, 4.69) is 22.1 Å². The van der Waals surface area contributed by atoms with Crippen LogP contribution in [-0.4, -0.2) is 43.9 Å². The van der Waals surface area contributed by atoms with E-state index in [-0.39, 0.29) is 16.8 Å². The Bertz CT molecular complexity index is 840. The van der Waals surface area contributed by atoms with Crippen LogP contribution < -0.4 is 4.90 Å². The topological polar surface area (TPSA) is 92.9 Å². The Balaban J connectivity index is 1.58. The first-order valence-corrected chi connectivity index (χ1v) is 9.34. The Morgan fingerprint density at radius 3 is 2.64 bits per heavy atom. The fraction of sp³-hybridized carbons (Fsp3) is 0.368. The van der Waals surface area contributed by atoms with Gasteiger partial charge in [-0.2, -0.15) is 5.11 Å². The van der Waals surface area contributed by atoms with Crippen molar-refractivity contribution in [2.24, 2.45) is 10.2 Å². The fourth-order valence-corrected chi connectivity index (χ4v) is 2.77. The third-order valence-electron chi connectivity index (χ3n) is 4.22. The van der Waals surface area contributed by atoms with E-state index in [0.717, 1.165) is 25.4 Å². The molecule has 3 rings (SSSR count). The minimum atomic E-state index is -0.504. The van der Waals surface area contributed by atoms with Gasteiger partial charge in [0.1, 0.15) is 11.8 Å². The zero-order valence-electron chi connectivity index (χ0n) is 15.5. The summed E-state index contributed by atoms with van der Waals surface area (Å²) in [6, 6.07) is 11.7. The zero-order valence-corrected chi connectivity index (χ0v) is 16.2. The zero-order chi connectivity index (χ0) is 19.9. The van der Waals surface area contributed by atoms with Crippen molar-refractivity contribution in [3.8, 4) is 0 Å². The molecule has 0 radical (unpaired) electrons. The van der Waals surface area contributed by atoms with Crippen molar-refractivity contribution in [2.75, 3.05) is 37.8 Å². The quantitative estimate of drug-likeness (QED) is 0.184. The molecule has 0 amide bonds. The van der Waals surface area contributed by atoms with Gasteiger partial charge in [0.25, 0.3) is 5.69 Å². The van der Waals surface area contributed by atoms with Gasteiger partial charge in [0.15, 0.2) is 0 Å². The maximum atomic E-state index is 10.7. The van der Waals surface area contributed by atoms with Crippen molar-refractivity contribution in [3.63, 3.8) is 0 Å². The van der Waals surface area contributed by atoms with Gasteiger partial charge in [-0.15, -0.1) is 5.11 Å². The first-order chi connectivity index (χ1) is 13.6. The number of rotatable bonds is 10. The maximum Gasteiger partial charge on any atom is 0.271 e. The number of anilines is 1. The van der Waals surface area contributed by atoms with Gasteiger partial charge >= 0.3 is 0 Å². The van der Waals surface area contributed by atoms with Gasteiger partial charge in [-0.3, -0.25) is 10.1 Å². The second-order valence-electron chi connectivity index (χ2n) is 6.22. The van der Waals surface area contributed by atoms with Crippen LogP contribution in [0.5, 0.6) is 0 Å². The molecule has 1 unspecified atom stereocenters. The minimum absolute atomic E-state index is 0.0819. The average Bonchev–Trinajstić information content (AvgIpc) is 3.52. The second kappa shape index (κ2) is 9.59. The van der Waals surface area contributed by atoms with Crippen LogP contribution in [0.1, 0.15) is 6.92 Å². The molecule has 8 nitrogen and oxygen atoms in total. The van der Waals surface area contributed by atoms with Gasteiger partial charge in [0.2, 0.25) is 0 Å². The van der Waals surface area contributed by atoms with E-state index in [9.17, 15) is 10.1 Å². The maximum absolute atomic E-state index is 10.7. The van der Waals surface area contributed by atoms with Crippen LogP contribution in [0.2, 0.25) is 5.02 Å². The Labute approximate surface area is 167 Å². The third kappa shape index (κ3) is 5.72. The van der Waals surface area contributed by atoms with Crippen LogP contribution in [0.4, 0.5) is 22.7 Å². The van der Waals surface area contributed by atoms with Crippen LogP contribution in [0, 0.1) is 10.1 Å². The Kier molecular flexibility index (Phi) is 6.91. The third-order valence-corrected chi connectivity index (χ3v) is 4.53. The summed E-state index contributed by atoms with van der Waals surface area (Å²) < 4.78 is 10.7. The minimum Gasteiger partial charge on any atom is -0.377 e. The summed E-state index contributed by atoms with van der Waals surface area (Å²) in [7, 11) is 0. The number of azo groups is 1. The molecule has 0 saturated carbocycles. The molecule has 1 atom stereocenters. The summed E-state index contributed by atoms with van der Waals surface area (Å²) in [5.74, 6) is 0. The SMILES string of the molecule is CCN(CCOCC1CO1)c1ccc(/N=N/c2ccc([N+](=O)[O-])cc2Cl)cc1. The highest BCUT2D eigenvalue weighted by Crippen LogP contribution is 2.30. The normalized spacial score (nSPS) is 15.7. The molecular formula is C19H21ClN4O4. The summed E-state index contributed by atoms with van der Waals surface area (Å²) >= 11 is 6.02. The second-order valence-corrected chi connectivity index (χ2v) is 6.63. The molecule has 2 aromatic carbocycles. The van der Waals surface area contributed by atoms with Gasteiger partial charge in [0, 0.05) is 30.9 Å². The van der Waals surface area contributed by atoms with E-state index in [1.54, 1.807) is 0 Å². The smallest absolute Gasteiger partial charge is 0.271 e. The molecule has 0 N–H and O–H groups in total. The summed E-state index contributed by atoms with van der Waals surface area (Å²) in [5, 5.41) is 19.2. The summed E-state index contributed by atoms with van der Waals surface area (Å²) in [6.07, 6.45) is 0.281. The number of likely N-dealkylation sites (N-methyl/N-ethyl adjacent to an activating group) is 1. The molecule has 148 valence electrons. The van der Waals surface area contributed by atoms with Gasteiger partial charge < -0.3 is 14.4 Å². The Morgan fingerprint density at radius 2 is 2.04 bits per heavy atom. The Morgan fingerprint density at radius 1 is 1.29 bits per heavy atom. The number of non-ortho nitro benzene ring substituents is 1. The van der Waals surface area contributed by atoms with Gasteiger partial charge in [-0.1, -0.05) is 11.6 Å². The number of hydrogen-bond acceptors (Lipinski definition) is 7. The monoisotopic (exact) mass is 404 g/mol. The summed E-state index contributed by atoms with van der Waals surface area (Å²) in [4.78, 5) is 12.5. The first-order valence-electron chi connectivity index (χ1n) is 8.97. The lowest BCUT2D eigenvalue weighted by Crippen LogP contribution is -2.27. The van der Waals surface area contributed by atoms with Crippen LogP contribution in [0.25, 0.3) is 0 Å². The standard InChI is InChI=1S/C19H21ClN4O4/c1-2-23(9-10-27-12-17-13-28-17)15-5-3-14(4-6-15)21-22-19-8-7-16(24(25)26)11-18(19)20/h3-8,11,17H,2,9-10,12-13H2,1H3/b22-21+. The van der Waals surface area contributed by atoms with Crippen molar-refractivity contribution in [3.05, 3.63) is 57.6 Å². The van der Waals surface area contributed by atoms with Crippen LogP contribution in [0.3, 0.4) is 0 Å². The number of hydrogen-bond donors (Lipinski definition) is 0. The summed E-state index contributed by atoms with van der Waals surface area (Å²) in [6.45, 7) is 5.85. The average molecular weight is 405 g/mol. The molecule has 1 saturated heterocycles. The van der Waals surface area contributed by atoms with Crippen molar-refractivity contribution in [1.82, 2.24) is 0 Å². The number of halogens is 1. The predicted molar refractivity (Wildman–Crippen MR) is 107 cm³/mol. The number of benzene rings is 2. The number of ether oxygens (including phenoxy) is 2. The van der Waals surface area contributed by atoms with Gasteiger partial charge in [-0.25, -0.2) is 0 Å². The molecule has 9 heteroatoms. The van der Waals surface area contributed by atoms with Crippen molar-refractivity contribution in [2.45, 2.75) is 13.0 Å². The van der Waals surface area contributed by atoms with Crippen molar-refractivity contribution in [1.29, 1.82) is 0 Å². The van der Waals surface area contributed by atoms with E-state index in [0.29, 0.717) is 24.6 Å². The van der Waals surface area contributed by atoms with E-state index in [1.807, 2.05) is 24.3 Å². The number of nitro benzene ring substituents is 1. The van der Waals surface area contributed by atoms with E-state index in [1.165, 1.54) is 18.2 Å². The number of epoxide rings is 1. The van der Waals surface area contributed by atoms with Gasteiger partial charge in [0.05, 0.1) is 35.5 Å². The molecule has 0 aromatic heterocycles. The lowest BCUT2D eigenvalue weighted by atomic mass is 10.2. The largest absolute Gasteiger partial charge is 0.377 e. The molecule has 1 fully saturated rings. The highest BCUT2D eigenvalue weighted by Gasteiger charge is 2.22. The number of nitrogens with zero attached hydrogens (tertiary/aromatic N) is 4. The van der Waals surface area contributed by atoms with Crippen LogP contribution in [-0.2, 0) is 9.47 Å². The van der Waals surface area contributed by atoms with E-state index >= 15 is 0 Å². The molecule has 1 aliphatic rings. The summed E-state index contributed by atoms with van der Waals surface area (Å²) in [5.41, 5.74) is 2.03. The first kappa shape index (κ1) is 20.2. The van der Waals surface area contributed by atoms with Crippen LogP contribution >= 0.6 is 11.6 Å². The molecule has 1 heterocycles. The number of nitro groups is 1.